The smallest absolute Gasteiger partial charge is 0.364 e. The second-order valence-electron chi connectivity index (χ2n) is 3.54. The average molecular weight is 252 g/mol. The highest BCUT2D eigenvalue weighted by Crippen LogP contribution is 2.21. The van der Waals surface area contributed by atoms with Crippen molar-refractivity contribution in [3.8, 4) is 0 Å². The second-order valence-corrected chi connectivity index (χ2v) is 4.57. The molecule has 2 rings (SSSR count). The summed E-state index contributed by atoms with van der Waals surface area (Å²) in [6.45, 7) is 0.654. The molecule has 0 atom stereocenters. The number of hydrogen-bond donors (Lipinski definition) is 1. The predicted molar refractivity (Wildman–Crippen MR) is 66.4 cm³/mol. The molecular weight excluding hydrogens is 240 g/mol. The number of nitrogens with one attached hydrogen (secondary N) is 1. The van der Waals surface area contributed by atoms with Crippen LogP contribution in [0.4, 0.5) is 11.6 Å². The third-order valence-corrected chi connectivity index (χ3v) is 3.27. The monoisotopic (exact) mass is 252 g/mol. The number of nitro groups is 1. The third-order valence-electron chi connectivity index (χ3n) is 2.33. The molecule has 0 aliphatic carbocycles. The van der Waals surface area contributed by atoms with Gasteiger partial charge in [-0.25, -0.2) is 0 Å². The summed E-state index contributed by atoms with van der Waals surface area (Å²) in [5.74, 6) is 0.324. The predicted octanol–water partition coefficient (Wildman–Crippen LogP) is 2.04. The lowest BCUT2D eigenvalue weighted by Crippen LogP contribution is -2.08. The molecule has 2 aromatic heterocycles. The molecule has 0 saturated carbocycles. The van der Waals surface area contributed by atoms with E-state index < -0.39 is 4.92 Å². The van der Waals surface area contributed by atoms with Gasteiger partial charge in [0, 0.05) is 18.5 Å². The van der Waals surface area contributed by atoms with Crippen LogP contribution >= 0.6 is 11.3 Å². The second kappa shape index (κ2) is 4.96. The van der Waals surface area contributed by atoms with Gasteiger partial charge in [-0.1, -0.05) is 6.07 Å². The molecule has 1 N–H and O–H groups in total. The van der Waals surface area contributed by atoms with Gasteiger partial charge in [-0.3, -0.25) is 4.57 Å². The summed E-state index contributed by atoms with van der Waals surface area (Å²) in [4.78, 5) is 15.2. The molecule has 0 aromatic carbocycles. The fourth-order valence-corrected chi connectivity index (χ4v) is 2.22. The molecule has 2 aromatic rings. The summed E-state index contributed by atoms with van der Waals surface area (Å²) in [5.41, 5.74) is 0. The highest BCUT2D eigenvalue weighted by Gasteiger charge is 2.19. The Hall–Kier alpha value is -1.89. The molecule has 7 heteroatoms. The molecule has 0 unspecified atom stereocenters. The number of imidazole rings is 1. The van der Waals surface area contributed by atoms with E-state index in [1.54, 1.807) is 23.0 Å². The lowest BCUT2D eigenvalue weighted by atomic mass is 10.3. The molecule has 0 fully saturated rings. The van der Waals surface area contributed by atoms with Gasteiger partial charge in [-0.15, -0.1) is 11.3 Å². The summed E-state index contributed by atoms with van der Waals surface area (Å²) in [5, 5.41) is 15.8. The number of anilines is 1. The normalized spacial score (nSPS) is 10.4. The first-order valence-corrected chi connectivity index (χ1v) is 5.98. The zero-order valence-electron chi connectivity index (χ0n) is 9.29. The van der Waals surface area contributed by atoms with Crippen LogP contribution in [-0.2, 0) is 13.5 Å². The van der Waals surface area contributed by atoms with Crippen LogP contribution < -0.4 is 5.32 Å². The first-order valence-electron chi connectivity index (χ1n) is 5.10. The Morgan fingerprint density at radius 2 is 2.47 bits per heavy atom. The maximum absolute atomic E-state index is 10.7. The van der Waals surface area contributed by atoms with E-state index in [4.69, 9.17) is 0 Å². The van der Waals surface area contributed by atoms with Crippen molar-refractivity contribution >= 4 is 23.0 Å². The Labute approximate surface area is 102 Å². The van der Waals surface area contributed by atoms with Crippen molar-refractivity contribution in [2.75, 3.05) is 11.9 Å². The number of rotatable bonds is 5. The van der Waals surface area contributed by atoms with E-state index >= 15 is 0 Å². The van der Waals surface area contributed by atoms with Crippen LogP contribution in [0.2, 0.25) is 0 Å². The quantitative estimate of drug-likeness (QED) is 0.653. The topological polar surface area (TPSA) is 73.0 Å². The fraction of sp³-hybridized carbons (Fsp3) is 0.300. The number of nitrogens with zero attached hydrogens (tertiary/aromatic N) is 3. The molecule has 0 aliphatic rings. The zero-order chi connectivity index (χ0) is 12.3. The minimum absolute atomic E-state index is 0.126. The highest BCUT2D eigenvalue weighted by atomic mass is 32.1. The Morgan fingerprint density at radius 1 is 1.65 bits per heavy atom. The van der Waals surface area contributed by atoms with Gasteiger partial charge in [0.15, 0.2) is 0 Å². The van der Waals surface area contributed by atoms with E-state index in [1.807, 2.05) is 17.5 Å². The Bertz CT molecular complexity index is 506. The minimum atomic E-state index is -0.479. The minimum Gasteiger partial charge on any atom is -0.364 e. The number of hydrogen-bond acceptors (Lipinski definition) is 5. The van der Waals surface area contributed by atoms with Gasteiger partial charge in [0.25, 0.3) is 0 Å². The van der Waals surface area contributed by atoms with Gasteiger partial charge in [-0.2, -0.15) is 0 Å². The number of aryl methyl sites for hydroxylation is 1. The fourth-order valence-electron chi connectivity index (χ4n) is 1.51. The molecule has 0 aliphatic heterocycles. The maximum Gasteiger partial charge on any atom is 0.406 e. The van der Waals surface area contributed by atoms with Gasteiger partial charge in [0.2, 0.25) is 12.1 Å². The Kier molecular flexibility index (Phi) is 3.38. The van der Waals surface area contributed by atoms with Crippen molar-refractivity contribution in [3.05, 3.63) is 38.8 Å². The first-order chi connectivity index (χ1) is 8.18. The van der Waals surface area contributed by atoms with Gasteiger partial charge >= 0.3 is 5.82 Å². The van der Waals surface area contributed by atoms with Crippen molar-refractivity contribution in [2.24, 2.45) is 7.05 Å². The van der Waals surface area contributed by atoms with E-state index in [1.165, 1.54) is 11.2 Å². The number of aromatic nitrogens is 2. The van der Waals surface area contributed by atoms with Gasteiger partial charge in [-0.05, 0) is 27.8 Å². The largest absolute Gasteiger partial charge is 0.406 e. The third kappa shape index (κ3) is 2.62. The van der Waals surface area contributed by atoms with E-state index in [-0.39, 0.29) is 5.82 Å². The summed E-state index contributed by atoms with van der Waals surface area (Å²) in [6.07, 6.45) is 2.28. The molecule has 0 bridgehead atoms. The standard InChI is InChI=1S/C10H12N4O2S/c1-13-7-12-10(14(15)16)9(13)11-5-4-8-3-2-6-17-8/h2-3,6-7,11H,4-5H2,1H3. The van der Waals surface area contributed by atoms with Crippen molar-refractivity contribution in [1.29, 1.82) is 0 Å². The van der Waals surface area contributed by atoms with Crippen LogP contribution in [0.5, 0.6) is 0 Å². The van der Waals surface area contributed by atoms with E-state index in [9.17, 15) is 10.1 Å². The van der Waals surface area contributed by atoms with Gasteiger partial charge in [0.05, 0.1) is 0 Å². The van der Waals surface area contributed by atoms with Crippen LogP contribution in [0, 0.1) is 10.1 Å². The molecule has 0 amide bonds. The van der Waals surface area contributed by atoms with Crippen LogP contribution in [0.15, 0.2) is 23.8 Å². The van der Waals surface area contributed by atoms with Crippen molar-refractivity contribution in [1.82, 2.24) is 9.55 Å². The van der Waals surface area contributed by atoms with Crippen LogP contribution in [0.25, 0.3) is 0 Å². The number of thiophene rings is 1. The van der Waals surface area contributed by atoms with Gasteiger partial charge < -0.3 is 15.4 Å². The van der Waals surface area contributed by atoms with E-state index in [0.717, 1.165) is 6.42 Å². The van der Waals surface area contributed by atoms with Crippen LogP contribution in [-0.4, -0.2) is 21.0 Å². The average Bonchev–Trinajstić information content (AvgIpc) is 2.89. The molecule has 2 heterocycles. The van der Waals surface area contributed by atoms with Crippen molar-refractivity contribution in [2.45, 2.75) is 6.42 Å². The first kappa shape index (κ1) is 11.6. The summed E-state index contributed by atoms with van der Waals surface area (Å²) in [7, 11) is 1.73. The Morgan fingerprint density at radius 3 is 3.12 bits per heavy atom. The van der Waals surface area contributed by atoms with Crippen molar-refractivity contribution in [3.63, 3.8) is 0 Å². The summed E-state index contributed by atoms with van der Waals surface area (Å²) in [6, 6.07) is 4.04. The molecule has 0 spiro atoms. The van der Waals surface area contributed by atoms with Crippen LogP contribution in [0.1, 0.15) is 4.88 Å². The molecule has 90 valence electrons. The summed E-state index contributed by atoms with van der Waals surface area (Å²) < 4.78 is 1.62. The lowest BCUT2D eigenvalue weighted by Gasteiger charge is -2.04. The molecular formula is C10H12N4O2S. The molecule has 0 saturated heterocycles. The SMILES string of the molecule is Cn1cnc([N+](=O)[O-])c1NCCc1cccs1. The molecule has 17 heavy (non-hydrogen) atoms. The summed E-state index contributed by atoms with van der Waals surface area (Å²) >= 11 is 1.68. The van der Waals surface area contributed by atoms with Crippen molar-refractivity contribution < 1.29 is 4.92 Å². The molecule has 0 radical (unpaired) electrons. The lowest BCUT2D eigenvalue weighted by molar-refractivity contribution is -0.388. The van der Waals surface area contributed by atoms with E-state index in [2.05, 4.69) is 10.3 Å². The highest BCUT2D eigenvalue weighted by molar-refractivity contribution is 7.09. The van der Waals surface area contributed by atoms with Crippen LogP contribution in [0.3, 0.4) is 0 Å². The van der Waals surface area contributed by atoms with E-state index in [0.29, 0.717) is 12.4 Å². The van der Waals surface area contributed by atoms with Gasteiger partial charge in [0.1, 0.15) is 0 Å². The Balaban J connectivity index is 1.99. The maximum atomic E-state index is 10.7. The zero-order valence-corrected chi connectivity index (χ0v) is 10.1. The molecule has 6 nitrogen and oxygen atoms in total.